The highest BCUT2D eigenvalue weighted by molar-refractivity contribution is 7.91. The molecule has 2 aromatic rings. The third kappa shape index (κ3) is 2.61. The lowest BCUT2D eigenvalue weighted by atomic mass is 10.1. The van der Waals surface area contributed by atoms with E-state index < -0.39 is 9.84 Å². The molecular weight excluding hydrogens is 286 g/mol. The minimum atomic E-state index is -3.42. The van der Waals surface area contributed by atoms with Gasteiger partial charge in [-0.05, 0) is 36.2 Å². The molecular formula is C16H17NO3S. The molecule has 3 rings (SSSR count). The van der Waals surface area contributed by atoms with Gasteiger partial charge in [-0.2, -0.15) is 0 Å². The van der Waals surface area contributed by atoms with Crippen LogP contribution in [0.4, 0.5) is 5.69 Å². The van der Waals surface area contributed by atoms with Crippen LogP contribution in [0, 0.1) is 6.92 Å². The quantitative estimate of drug-likeness (QED) is 0.884. The molecule has 2 N–H and O–H groups in total. The Bertz CT molecular complexity index is 759. The Balaban J connectivity index is 1.84. The average Bonchev–Trinajstić information content (AvgIpc) is 2.82. The van der Waals surface area contributed by atoms with Crippen LogP contribution in [0.2, 0.25) is 0 Å². The van der Waals surface area contributed by atoms with E-state index in [0.717, 1.165) is 11.3 Å². The highest BCUT2D eigenvalue weighted by Crippen LogP contribution is 2.30. The number of hydrogen-bond acceptors (Lipinski definition) is 4. The van der Waals surface area contributed by atoms with Crippen molar-refractivity contribution in [1.29, 1.82) is 0 Å². The van der Waals surface area contributed by atoms with Crippen LogP contribution in [0.15, 0.2) is 47.4 Å². The van der Waals surface area contributed by atoms with E-state index in [2.05, 4.69) is 0 Å². The molecule has 1 atom stereocenters. The van der Waals surface area contributed by atoms with Crippen LogP contribution in [0.25, 0.3) is 0 Å². The van der Waals surface area contributed by atoms with Gasteiger partial charge >= 0.3 is 0 Å². The number of nitrogen functional groups attached to an aromatic ring is 1. The first-order chi connectivity index (χ1) is 9.97. The summed E-state index contributed by atoms with van der Waals surface area (Å²) in [5.41, 5.74) is 7.95. The molecule has 0 saturated carbocycles. The van der Waals surface area contributed by atoms with Gasteiger partial charge in [0.25, 0.3) is 0 Å². The smallest absolute Gasteiger partial charge is 0.182 e. The second-order valence-corrected chi connectivity index (χ2v) is 7.31. The Kier molecular flexibility index (Phi) is 3.37. The number of ether oxygens (including phenoxy) is 1. The minimum absolute atomic E-state index is 0.0357. The first-order valence-electron chi connectivity index (χ1n) is 6.80. The summed E-state index contributed by atoms with van der Waals surface area (Å²) in [5.74, 6) is 0.744. The lowest BCUT2D eigenvalue weighted by molar-refractivity contribution is 0.256. The summed E-state index contributed by atoms with van der Waals surface area (Å²) in [6.07, 6.45) is 0.282. The zero-order chi connectivity index (χ0) is 15.0. The number of nitrogens with two attached hydrogens (primary N) is 1. The molecule has 0 bridgehead atoms. The van der Waals surface area contributed by atoms with E-state index in [0.29, 0.717) is 22.6 Å². The number of anilines is 1. The summed E-state index contributed by atoms with van der Waals surface area (Å²) in [6.45, 7) is 1.73. The number of rotatable bonds is 3. The van der Waals surface area contributed by atoms with E-state index in [1.165, 1.54) is 0 Å². The predicted octanol–water partition coefficient (Wildman–Crippen LogP) is 2.35. The maximum Gasteiger partial charge on any atom is 0.182 e. The fourth-order valence-corrected chi connectivity index (χ4v) is 4.37. The molecule has 0 radical (unpaired) electrons. The topological polar surface area (TPSA) is 69.4 Å². The number of fused-ring (bicyclic) bond motifs is 1. The molecule has 110 valence electrons. The lowest BCUT2D eigenvalue weighted by Gasteiger charge is -2.13. The summed E-state index contributed by atoms with van der Waals surface area (Å²) in [5, 5.41) is 0. The first kappa shape index (κ1) is 13.9. The van der Waals surface area contributed by atoms with Crippen LogP contribution in [-0.2, 0) is 16.3 Å². The van der Waals surface area contributed by atoms with Gasteiger partial charge in [0.1, 0.15) is 11.9 Å². The van der Waals surface area contributed by atoms with Crippen LogP contribution >= 0.6 is 0 Å². The molecule has 0 aliphatic carbocycles. The largest absolute Gasteiger partial charge is 0.489 e. The predicted molar refractivity (Wildman–Crippen MR) is 82.2 cm³/mol. The van der Waals surface area contributed by atoms with E-state index in [1.807, 2.05) is 24.3 Å². The number of sulfone groups is 1. The molecule has 21 heavy (non-hydrogen) atoms. The summed E-state index contributed by atoms with van der Waals surface area (Å²) >= 11 is 0. The monoisotopic (exact) mass is 303 g/mol. The molecule has 1 unspecified atom stereocenters. The highest BCUT2D eigenvalue weighted by Gasteiger charge is 2.29. The maximum absolute atomic E-state index is 12.6. The standard InChI is InChI=1S/C16H17NO3S/c1-11-14(17)6-4-8-16(11)21(18,19)10-13-9-12-5-2-3-7-15(12)20-13/h2-8,13H,9-10,17H2,1H3. The lowest BCUT2D eigenvalue weighted by Crippen LogP contribution is -2.25. The van der Waals surface area contributed by atoms with E-state index >= 15 is 0 Å². The van der Waals surface area contributed by atoms with E-state index in [-0.39, 0.29) is 11.9 Å². The summed E-state index contributed by atoms with van der Waals surface area (Å²) in [4.78, 5) is 0.294. The van der Waals surface area contributed by atoms with Gasteiger partial charge in [-0.3, -0.25) is 0 Å². The van der Waals surface area contributed by atoms with Gasteiger partial charge in [-0.25, -0.2) is 8.42 Å². The first-order valence-corrected chi connectivity index (χ1v) is 8.45. The van der Waals surface area contributed by atoms with Crippen molar-refractivity contribution < 1.29 is 13.2 Å². The fraction of sp³-hybridized carbons (Fsp3) is 0.250. The zero-order valence-corrected chi connectivity index (χ0v) is 12.6. The van der Waals surface area contributed by atoms with E-state index in [1.54, 1.807) is 25.1 Å². The van der Waals surface area contributed by atoms with Crippen molar-refractivity contribution >= 4 is 15.5 Å². The SMILES string of the molecule is Cc1c(N)cccc1S(=O)(=O)CC1Cc2ccccc2O1. The Morgan fingerprint density at radius 3 is 2.71 bits per heavy atom. The second kappa shape index (κ2) is 5.07. The van der Waals surface area contributed by atoms with Gasteiger partial charge in [0.2, 0.25) is 0 Å². The number of para-hydroxylation sites is 1. The molecule has 0 amide bonds. The second-order valence-electron chi connectivity index (χ2n) is 5.30. The number of hydrogen-bond donors (Lipinski definition) is 1. The van der Waals surface area contributed by atoms with Crippen LogP contribution in [0.3, 0.4) is 0 Å². The summed E-state index contributed by atoms with van der Waals surface area (Å²) in [6, 6.07) is 12.6. The third-order valence-corrected chi connectivity index (χ3v) is 5.70. The van der Waals surface area contributed by atoms with Crippen LogP contribution in [-0.4, -0.2) is 20.3 Å². The highest BCUT2D eigenvalue weighted by atomic mass is 32.2. The Morgan fingerprint density at radius 2 is 1.95 bits per heavy atom. The molecule has 5 heteroatoms. The fourth-order valence-electron chi connectivity index (χ4n) is 2.65. The van der Waals surface area contributed by atoms with Gasteiger partial charge in [0.05, 0.1) is 10.6 Å². The molecule has 0 spiro atoms. The summed E-state index contributed by atoms with van der Waals surface area (Å²) < 4.78 is 30.9. The molecule has 0 aromatic heterocycles. The minimum Gasteiger partial charge on any atom is -0.489 e. The Labute approximate surface area is 124 Å². The van der Waals surface area contributed by atoms with Gasteiger partial charge in [-0.15, -0.1) is 0 Å². The van der Waals surface area contributed by atoms with E-state index in [4.69, 9.17) is 10.5 Å². The van der Waals surface area contributed by atoms with Crippen LogP contribution in [0.1, 0.15) is 11.1 Å². The Morgan fingerprint density at radius 1 is 1.19 bits per heavy atom. The van der Waals surface area contributed by atoms with Gasteiger partial charge < -0.3 is 10.5 Å². The third-order valence-electron chi connectivity index (χ3n) is 3.78. The van der Waals surface area contributed by atoms with Crippen molar-refractivity contribution in [2.24, 2.45) is 0 Å². The molecule has 1 aliphatic rings. The van der Waals surface area contributed by atoms with Crippen molar-refractivity contribution in [2.45, 2.75) is 24.3 Å². The molecule has 0 saturated heterocycles. The molecule has 4 nitrogen and oxygen atoms in total. The zero-order valence-electron chi connectivity index (χ0n) is 11.7. The van der Waals surface area contributed by atoms with Crippen molar-refractivity contribution in [3.05, 3.63) is 53.6 Å². The molecule has 1 heterocycles. The normalized spacial score (nSPS) is 17.3. The van der Waals surface area contributed by atoms with E-state index in [9.17, 15) is 8.42 Å². The number of benzene rings is 2. The molecule has 0 fully saturated rings. The van der Waals surface area contributed by atoms with Gasteiger partial charge in [0.15, 0.2) is 9.84 Å². The van der Waals surface area contributed by atoms with Crippen molar-refractivity contribution in [1.82, 2.24) is 0 Å². The maximum atomic E-state index is 12.6. The molecule has 2 aromatic carbocycles. The summed E-state index contributed by atoms with van der Waals surface area (Å²) in [7, 11) is -3.42. The van der Waals surface area contributed by atoms with Gasteiger partial charge in [-0.1, -0.05) is 24.3 Å². The molecule has 1 aliphatic heterocycles. The van der Waals surface area contributed by atoms with Gasteiger partial charge in [0, 0.05) is 12.1 Å². The van der Waals surface area contributed by atoms with Crippen LogP contribution in [0.5, 0.6) is 5.75 Å². The van der Waals surface area contributed by atoms with Crippen molar-refractivity contribution in [3.63, 3.8) is 0 Å². The van der Waals surface area contributed by atoms with Crippen molar-refractivity contribution in [2.75, 3.05) is 11.5 Å². The van der Waals surface area contributed by atoms with Crippen molar-refractivity contribution in [3.8, 4) is 5.75 Å². The average molecular weight is 303 g/mol. The Hall–Kier alpha value is -2.01. The van der Waals surface area contributed by atoms with Crippen LogP contribution < -0.4 is 10.5 Å².